The van der Waals surface area contributed by atoms with Gasteiger partial charge in [-0.05, 0) is 34.6 Å². The van der Waals surface area contributed by atoms with Gasteiger partial charge in [0, 0.05) is 12.1 Å². The standard InChI is InChI=1S/C12H20N4O3/c1-7(2)16(8(3)4)10(17)6-15-9(5)11(12(18)19)13-14-15/h7-8H,6H2,1-5H3,(H,18,19). The second-order valence-corrected chi connectivity index (χ2v) is 4.97. The molecule has 0 radical (unpaired) electrons. The van der Waals surface area contributed by atoms with E-state index in [-0.39, 0.29) is 30.2 Å². The predicted octanol–water partition coefficient (Wildman–Crippen LogP) is 0.930. The molecule has 7 nitrogen and oxygen atoms in total. The maximum absolute atomic E-state index is 12.2. The molecule has 1 rings (SSSR count). The van der Waals surface area contributed by atoms with Crippen molar-refractivity contribution in [2.75, 3.05) is 0 Å². The molecule has 0 atom stereocenters. The van der Waals surface area contributed by atoms with E-state index in [2.05, 4.69) is 10.3 Å². The number of aromatic nitrogens is 3. The summed E-state index contributed by atoms with van der Waals surface area (Å²) in [4.78, 5) is 24.8. The Labute approximate surface area is 112 Å². The highest BCUT2D eigenvalue weighted by molar-refractivity contribution is 5.86. The molecule has 1 aromatic rings. The minimum atomic E-state index is -1.14. The van der Waals surface area contributed by atoms with Gasteiger partial charge in [-0.3, -0.25) is 4.79 Å². The van der Waals surface area contributed by atoms with Gasteiger partial charge in [0.05, 0.1) is 5.69 Å². The predicted molar refractivity (Wildman–Crippen MR) is 68.8 cm³/mol. The number of nitrogens with zero attached hydrogens (tertiary/aromatic N) is 4. The van der Waals surface area contributed by atoms with Crippen molar-refractivity contribution in [3.05, 3.63) is 11.4 Å². The molecule has 1 heterocycles. The van der Waals surface area contributed by atoms with Gasteiger partial charge in [-0.15, -0.1) is 5.10 Å². The summed E-state index contributed by atoms with van der Waals surface area (Å²) in [6, 6.07) is 0.158. The monoisotopic (exact) mass is 268 g/mol. The number of hydrogen-bond acceptors (Lipinski definition) is 4. The lowest BCUT2D eigenvalue weighted by molar-refractivity contribution is -0.135. The molecule has 19 heavy (non-hydrogen) atoms. The van der Waals surface area contributed by atoms with Crippen LogP contribution in [0.3, 0.4) is 0 Å². The second-order valence-electron chi connectivity index (χ2n) is 4.97. The number of carboxylic acids is 1. The van der Waals surface area contributed by atoms with Crippen molar-refractivity contribution in [2.45, 2.75) is 53.2 Å². The van der Waals surface area contributed by atoms with Crippen LogP contribution in [0.25, 0.3) is 0 Å². The van der Waals surface area contributed by atoms with E-state index in [4.69, 9.17) is 5.11 Å². The molecule has 0 fully saturated rings. The molecule has 0 aliphatic heterocycles. The zero-order valence-electron chi connectivity index (χ0n) is 11.9. The van der Waals surface area contributed by atoms with Crippen LogP contribution in [0.5, 0.6) is 0 Å². The molecule has 106 valence electrons. The molecular weight excluding hydrogens is 248 g/mol. The number of aromatic carboxylic acids is 1. The smallest absolute Gasteiger partial charge is 0.358 e. The topological polar surface area (TPSA) is 88.3 Å². The van der Waals surface area contributed by atoms with Crippen molar-refractivity contribution < 1.29 is 14.7 Å². The van der Waals surface area contributed by atoms with Crippen LogP contribution in [0.1, 0.15) is 43.9 Å². The molecule has 1 amide bonds. The Bertz CT molecular complexity index is 471. The zero-order valence-corrected chi connectivity index (χ0v) is 11.9. The Morgan fingerprint density at radius 3 is 2.16 bits per heavy atom. The van der Waals surface area contributed by atoms with Gasteiger partial charge in [-0.2, -0.15) is 0 Å². The first-order valence-electron chi connectivity index (χ1n) is 6.20. The van der Waals surface area contributed by atoms with E-state index in [1.807, 2.05) is 27.7 Å². The quantitative estimate of drug-likeness (QED) is 0.858. The van der Waals surface area contributed by atoms with Gasteiger partial charge in [0.2, 0.25) is 5.91 Å². The van der Waals surface area contributed by atoms with Crippen LogP contribution in [0.15, 0.2) is 0 Å². The van der Waals surface area contributed by atoms with Gasteiger partial charge in [-0.25, -0.2) is 9.48 Å². The minimum Gasteiger partial charge on any atom is -0.476 e. The van der Waals surface area contributed by atoms with Crippen LogP contribution in [0.2, 0.25) is 0 Å². The van der Waals surface area contributed by atoms with Gasteiger partial charge in [0.1, 0.15) is 6.54 Å². The molecule has 1 N–H and O–H groups in total. The summed E-state index contributed by atoms with van der Waals surface area (Å²) in [5.41, 5.74) is 0.266. The minimum absolute atomic E-state index is 0.00245. The maximum atomic E-state index is 12.2. The summed E-state index contributed by atoms with van der Waals surface area (Å²) in [5, 5.41) is 16.2. The van der Waals surface area contributed by atoms with Crippen molar-refractivity contribution in [3.8, 4) is 0 Å². The maximum Gasteiger partial charge on any atom is 0.358 e. The summed E-state index contributed by atoms with van der Waals surface area (Å²) in [7, 11) is 0. The van der Waals surface area contributed by atoms with E-state index < -0.39 is 5.97 Å². The molecule has 0 aliphatic rings. The first-order chi connectivity index (χ1) is 8.75. The fourth-order valence-electron chi connectivity index (χ4n) is 2.09. The van der Waals surface area contributed by atoms with Crippen LogP contribution in [0.4, 0.5) is 0 Å². The molecular formula is C12H20N4O3. The summed E-state index contributed by atoms with van der Waals surface area (Å²) < 4.78 is 1.32. The van der Waals surface area contributed by atoms with E-state index in [0.717, 1.165) is 0 Å². The van der Waals surface area contributed by atoms with Gasteiger partial charge < -0.3 is 10.0 Å². The van der Waals surface area contributed by atoms with Crippen molar-refractivity contribution in [3.63, 3.8) is 0 Å². The van der Waals surface area contributed by atoms with E-state index >= 15 is 0 Å². The molecule has 0 saturated carbocycles. The largest absolute Gasteiger partial charge is 0.476 e. The summed E-state index contributed by atoms with van der Waals surface area (Å²) in [6.45, 7) is 9.35. The van der Waals surface area contributed by atoms with Crippen LogP contribution in [-0.2, 0) is 11.3 Å². The second kappa shape index (κ2) is 5.81. The molecule has 0 spiro atoms. The first kappa shape index (κ1) is 15.1. The Morgan fingerprint density at radius 1 is 1.26 bits per heavy atom. The Morgan fingerprint density at radius 2 is 1.79 bits per heavy atom. The molecule has 0 saturated heterocycles. The molecule has 0 aliphatic carbocycles. The third-order valence-corrected chi connectivity index (χ3v) is 2.87. The third-order valence-electron chi connectivity index (χ3n) is 2.87. The van der Waals surface area contributed by atoms with Crippen LogP contribution < -0.4 is 0 Å². The lowest BCUT2D eigenvalue weighted by atomic mass is 10.2. The van der Waals surface area contributed by atoms with Crippen molar-refractivity contribution in [1.29, 1.82) is 0 Å². The van der Waals surface area contributed by atoms with Gasteiger partial charge in [-0.1, -0.05) is 5.21 Å². The van der Waals surface area contributed by atoms with Crippen molar-refractivity contribution >= 4 is 11.9 Å². The van der Waals surface area contributed by atoms with Gasteiger partial charge in [0.25, 0.3) is 0 Å². The fraction of sp³-hybridized carbons (Fsp3) is 0.667. The number of rotatable bonds is 5. The molecule has 0 unspecified atom stereocenters. The summed E-state index contributed by atoms with van der Waals surface area (Å²) in [6.07, 6.45) is 0. The number of hydrogen-bond donors (Lipinski definition) is 1. The fourth-order valence-corrected chi connectivity index (χ4v) is 2.09. The third kappa shape index (κ3) is 3.30. The van der Waals surface area contributed by atoms with Crippen LogP contribution in [-0.4, -0.2) is 49.0 Å². The van der Waals surface area contributed by atoms with Crippen LogP contribution in [0, 0.1) is 6.92 Å². The Hall–Kier alpha value is -1.92. The van der Waals surface area contributed by atoms with E-state index in [9.17, 15) is 9.59 Å². The molecule has 1 aromatic heterocycles. The first-order valence-corrected chi connectivity index (χ1v) is 6.20. The van der Waals surface area contributed by atoms with E-state index in [1.54, 1.807) is 11.8 Å². The Balaban J connectivity index is 2.90. The normalized spacial score (nSPS) is 11.1. The van der Waals surface area contributed by atoms with Gasteiger partial charge in [0.15, 0.2) is 5.69 Å². The SMILES string of the molecule is Cc1c(C(=O)O)nnn1CC(=O)N(C(C)C)C(C)C. The van der Waals surface area contributed by atoms with Crippen LogP contribution >= 0.6 is 0 Å². The average molecular weight is 268 g/mol. The highest BCUT2D eigenvalue weighted by Crippen LogP contribution is 2.09. The van der Waals surface area contributed by atoms with Crippen molar-refractivity contribution in [1.82, 2.24) is 19.9 Å². The lowest BCUT2D eigenvalue weighted by Gasteiger charge is -2.30. The Kier molecular flexibility index (Phi) is 4.63. The summed E-state index contributed by atoms with van der Waals surface area (Å²) in [5.74, 6) is -1.24. The average Bonchev–Trinajstić information content (AvgIpc) is 2.59. The number of carbonyl (C=O) groups is 2. The molecule has 7 heteroatoms. The number of carbonyl (C=O) groups excluding carboxylic acids is 1. The highest BCUT2D eigenvalue weighted by Gasteiger charge is 2.23. The van der Waals surface area contributed by atoms with Crippen molar-refractivity contribution in [2.24, 2.45) is 0 Å². The molecule has 0 aromatic carbocycles. The summed E-state index contributed by atoms with van der Waals surface area (Å²) >= 11 is 0. The molecule has 0 bridgehead atoms. The highest BCUT2D eigenvalue weighted by atomic mass is 16.4. The van der Waals surface area contributed by atoms with Gasteiger partial charge >= 0.3 is 5.97 Å². The van der Waals surface area contributed by atoms with E-state index in [0.29, 0.717) is 5.69 Å². The van der Waals surface area contributed by atoms with E-state index in [1.165, 1.54) is 4.68 Å². The lowest BCUT2D eigenvalue weighted by Crippen LogP contribution is -2.44. The number of carboxylic acid groups (broad SMARTS) is 1. The number of amides is 1. The zero-order chi connectivity index (χ0) is 14.7.